The molecular formula is C18H29N3O3. The molecule has 6 heteroatoms. The van der Waals surface area contributed by atoms with Gasteiger partial charge in [-0.05, 0) is 37.9 Å². The van der Waals surface area contributed by atoms with Crippen molar-refractivity contribution in [2.45, 2.75) is 27.2 Å². The summed E-state index contributed by atoms with van der Waals surface area (Å²) < 4.78 is 5.72. The van der Waals surface area contributed by atoms with Crippen LogP contribution in [0.4, 0.5) is 4.79 Å². The molecule has 0 aromatic heterocycles. The molecule has 0 fully saturated rings. The van der Waals surface area contributed by atoms with Crippen LogP contribution in [0.3, 0.4) is 0 Å². The lowest BCUT2D eigenvalue weighted by molar-refractivity contribution is -0.120. The van der Waals surface area contributed by atoms with Crippen LogP contribution in [0.5, 0.6) is 5.75 Å². The van der Waals surface area contributed by atoms with E-state index >= 15 is 0 Å². The number of carbonyl (C=O) groups is 2. The van der Waals surface area contributed by atoms with Crippen molar-refractivity contribution in [3.63, 3.8) is 0 Å². The zero-order valence-corrected chi connectivity index (χ0v) is 15.1. The van der Waals surface area contributed by atoms with Crippen LogP contribution >= 0.6 is 0 Å². The Bertz CT molecular complexity index is 532. The lowest BCUT2D eigenvalue weighted by atomic mass is 10.2. The Hall–Kier alpha value is -2.08. The van der Waals surface area contributed by atoms with Crippen LogP contribution < -0.4 is 15.4 Å². The summed E-state index contributed by atoms with van der Waals surface area (Å²) >= 11 is 0. The second kappa shape index (κ2) is 10.6. The molecule has 1 aromatic carbocycles. The summed E-state index contributed by atoms with van der Waals surface area (Å²) in [5, 5.41) is 4.98. The van der Waals surface area contributed by atoms with E-state index in [1.54, 1.807) is 0 Å². The Labute approximate surface area is 144 Å². The first kappa shape index (κ1) is 20.0. The third-order valence-corrected chi connectivity index (χ3v) is 3.37. The number of likely N-dealkylation sites (N-methyl/N-ethyl adjacent to an activating group) is 1. The lowest BCUT2D eigenvalue weighted by Crippen LogP contribution is -2.44. The molecule has 0 radical (unpaired) electrons. The molecule has 0 bridgehead atoms. The van der Waals surface area contributed by atoms with Gasteiger partial charge < -0.3 is 10.1 Å². The number of nitrogens with zero attached hydrogens (tertiary/aromatic N) is 1. The molecule has 1 rings (SSSR count). The van der Waals surface area contributed by atoms with Crippen molar-refractivity contribution < 1.29 is 14.3 Å². The van der Waals surface area contributed by atoms with E-state index in [0.717, 1.165) is 17.7 Å². The fraction of sp³-hybridized carbons (Fsp3) is 0.556. The minimum atomic E-state index is -0.440. The van der Waals surface area contributed by atoms with Gasteiger partial charge in [-0.15, -0.1) is 0 Å². The van der Waals surface area contributed by atoms with Gasteiger partial charge in [0.2, 0.25) is 5.91 Å². The van der Waals surface area contributed by atoms with Gasteiger partial charge in [-0.1, -0.05) is 32.0 Å². The summed E-state index contributed by atoms with van der Waals surface area (Å²) in [7, 11) is 1.85. The number of rotatable bonds is 9. The van der Waals surface area contributed by atoms with Crippen molar-refractivity contribution in [1.29, 1.82) is 0 Å². The highest BCUT2D eigenvalue weighted by Gasteiger charge is 2.10. The van der Waals surface area contributed by atoms with E-state index in [1.807, 2.05) is 57.0 Å². The summed E-state index contributed by atoms with van der Waals surface area (Å²) in [6.07, 6.45) is 0.803. The fourth-order valence-electron chi connectivity index (χ4n) is 2.07. The number of carbonyl (C=O) groups excluding carboxylic acids is 2. The molecule has 6 nitrogen and oxygen atoms in total. The Morgan fingerprint density at radius 3 is 2.62 bits per heavy atom. The van der Waals surface area contributed by atoms with Crippen molar-refractivity contribution in [2.75, 3.05) is 33.3 Å². The highest BCUT2D eigenvalue weighted by molar-refractivity contribution is 5.95. The Morgan fingerprint density at radius 1 is 1.25 bits per heavy atom. The van der Waals surface area contributed by atoms with Crippen LogP contribution in [0.25, 0.3) is 0 Å². The Balaban J connectivity index is 2.17. The van der Waals surface area contributed by atoms with Gasteiger partial charge in [0.15, 0.2) is 0 Å². The summed E-state index contributed by atoms with van der Waals surface area (Å²) in [5.74, 6) is 0.931. The Morgan fingerprint density at radius 2 is 1.96 bits per heavy atom. The maximum Gasteiger partial charge on any atom is 0.321 e. The van der Waals surface area contributed by atoms with Gasteiger partial charge in [0, 0.05) is 13.1 Å². The first-order valence-electron chi connectivity index (χ1n) is 8.33. The van der Waals surface area contributed by atoms with E-state index < -0.39 is 6.03 Å². The highest BCUT2D eigenvalue weighted by Crippen LogP contribution is 2.16. The molecule has 0 unspecified atom stereocenters. The average molecular weight is 335 g/mol. The first-order chi connectivity index (χ1) is 11.4. The van der Waals surface area contributed by atoms with Crippen molar-refractivity contribution in [1.82, 2.24) is 15.5 Å². The normalized spacial score (nSPS) is 10.8. The van der Waals surface area contributed by atoms with E-state index in [-0.39, 0.29) is 12.5 Å². The average Bonchev–Trinajstić information content (AvgIpc) is 2.51. The third-order valence-electron chi connectivity index (χ3n) is 3.37. The summed E-state index contributed by atoms with van der Waals surface area (Å²) in [4.78, 5) is 25.1. The molecule has 0 aliphatic rings. The Kier molecular flexibility index (Phi) is 8.86. The lowest BCUT2D eigenvalue weighted by Gasteiger charge is -2.16. The number of amides is 3. The molecule has 0 aliphatic heterocycles. The number of para-hydroxylation sites is 1. The molecule has 134 valence electrons. The van der Waals surface area contributed by atoms with Crippen molar-refractivity contribution >= 4 is 11.9 Å². The van der Waals surface area contributed by atoms with E-state index in [0.29, 0.717) is 25.6 Å². The van der Waals surface area contributed by atoms with Crippen LogP contribution in [-0.4, -0.2) is 50.1 Å². The van der Waals surface area contributed by atoms with E-state index in [2.05, 4.69) is 10.6 Å². The molecular weight excluding hydrogens is 306 g/mol. The van der Waals surface area contributed by atoms with Crippen molar-refractivity contribution in [2.24, 2.45) is 5.92 Å². The summed E-state index contributed by atoms with van der Waals surface area (Å²) in [6.45, 7) is 8.03. The molecule has 3 amide bonds. The topological polar surface area (TPSA) is 70.7 Å². The monoisotopic (exact) mass is 335 g/mol. The van der Waals surface area contributed by atoms with Gasteiger partial charge in [-0.2, -0.15) is 0 Å². The van der Waals surface area contributed by atoms with Crippen molar-refractivity contribution in [3.8, 4) is 5.75 Å². The smallest absolute Gasteiger partial charge is 0.321 e. The van der Waals surface area contributed by atoms with Crippen LogP contribution in [0, 0.1) is 12.8 Å². The molecule has 0 heterocycles. The number of hydrogen-bond acceptors (Lipinski definition) is 4. The van der Waals surface area contributed by atoms with Gasteiger partial charge >= 0.3 is 6.03 Å². The zero-order chi connectivity index (χ0) is 17.9. The molecule has 24 heavy (non-hydrogen) atoms. The van der Waals surface area contributed by atoms with E-state index in [4.69, 9.17) is 4.74 Å². The van der Waals surface area contributed by atoms with Crippen LogP contribution in [0.2, 0.25) is 0 Å². The van der Waals surface area contributed by atoms with Gasteiger partial charge in [-0.3, -0.25) is 15.0 Å². The number of imide groups is 1. The molecule has 0 saturated heterocycles. The van der Waals surface area contributed by atoms with Gasteiger partial charge in [0.05, 0.1) is 13.2 Å². The predicted molar refractivity (Wildman–Crippen MR) is 95.2 cm³/mol. The number of benzene rings is 1. The molecule has 0 saturated carbocycles. The van der Waals surface area contributed by atoms with Crippen LogP contribution in [-0.2, 0) is 4.79 Å². The largest absolute Gasteiger partial charge is 0.493 e. The van der Waals surface area contributed by atoms with Gasteiger partial charge in [0.25, 0.3) is 0 Å². The maximum absolute atomic E-state index is 11.8. The summed E-state index contributed by atoms with van der Waals surface area (Å²) in [5.41, 5.74) is 1.11. The van der Waals surface area contributed by atoms with E-state index in [1.165, 1.54) is 0 Å². The van der Waals surface area contributed by atoms with Gasteiger partial charge in [-0.25, -0.2) is 4.79 Å². The number of urea groups is 1. The van der Waals surface area contributed by atoms with Gasteiger partial charge in [0.1, 0.15) is 5.75 Å². The highest BCUT2D eigenvalue weighted by atomic mass is 16.5. The zero-order valence-electron chi connectivity index (χ0n) is 15.1. The minimum Gasteiger partial charge on any atom is -0.493 e. The third kappa shape index (κ3) is 8.53. The first-order valence-corrected chi connectivity index (χ1v) is 8.33. The number of nitrogens with one attached hydrogen (secondary N) is 2. The molecule has 0 atom stereocenters. The summed E-state index contributed by atoms with van der Waals surface area (Å²) in [6, 6.07) is 7.44. The standard InChI is InChI=1S/C18H29N3O3/c1-14(2)12-19-18(23)20-17(22)13-21(4)10-7-11-24-16-9-6-5-8-15(16)3/h5-6,8-9,14H,7,10-13H2,1-4H3,(H2,19,20,22,23). The second-order valence-electron chi connectivity index (χ2n) is 6.36. The molecule has 1 aromatic rings. The number of hydrogen-bond donors (Lipinski definition) is 2. The number of aryl methyl sites for hydroxylation is 1. The fourth-order valence-corrected chi connectivity index (χ4v) is 2.07. The van der Waals surface area contributed by atoms with Crippen molar-refractivity contribution in [3.05, 3.63) is 29.8 Å². The van der Waals surface area contributed by atoms with E-state index in [9.17, 15) is 9.59 Å². The quantitative estimate of drug-likeness (QED) is 0.679. The molecule has 0 spiro atoms. The SMILES string of the molecule is Cc1ccccc1OCCCN(C)CC(=O)NC(=O)NCC(C)C. The molecule has 0 aliphatic carbocycles. The van der Waals surface area contributed by atoms with Crippen LogP contribution in [0.1, 0.15) is 25.8 Å². The second-order valence-corrected chi connectivity index (χ2v) is 6.36. The predicted octanol–water partition coefficient (Wildman–Crippen LogP) is 2.18. The number of ether oxygens (including phenoxy) is 1. The molecule has 2 N–H and O–H groups in total. The maximum atomic E-state index is 11.8. The van der Waals surface area contributed by atoms with Crippen LogP contribution in [0.15, 0.2) is 24.3 Å². The minimum absolute atomic E-state index is 0.180.